The van der Waals surface area contributed by atoms with Gasteiger partial charge in [-0.05, 0) is 55.2 Å². The summed E-state index contributed by atoms with van der Waals surface area (Å²) in [6.45, 7) is 3.35. The van der Waals surface area contributed by atoms with Crippen molar-refractivity contribution in [1.29, 1.82) is 0 Å². The minimum Gasteiger partial charge on any atom is -0.345 e. The van der Waals surface area contributed by atoms with Gasteiger partial charge in [-0.25, -0.2) is 0 Å². The molecule has 1 aliphatic carbocycles. The molecule has 1 saturated carbocycles. The maximum atomic E-state index is 13.6. The Kier molecular flexibility index (Phi) is 6.59. The molecule has 0 N–H and O–H groups in total. The number of carbonyl (C=O) groups is 1. The quantitative estimate of drug-likeness (QED) is 0.448. The molecule has 0 atom stereocenters. The second-order valence-corrected chi connectivity index (χ2v) is 8.67. The zero-order valence-electron chi connectivity index (χ0n) is 17.6. The van der Waals surface area contributed by atoms with Gasteiger partial charge in [0, 0.05) is 35.1 Å². The molecule has 2 aromatic carbocycles. The van der Waals surface area contributed by atoms with Gasteiger partial charge >= 0.3 is 0 Å². The van der Waals surface area contributed by atoms with Gasteiger partial charge < -0.3 is 9.47 Å². The lowest BCUT2D eigenvalue weighted by atomic mass is 9.93. The summed E-state index contributed by atoms with van der Waals surface area (Å²) in [7, 11) is 0. The molecular formula is C26H29ClN2O. The highest BCUT2D eigenvalue weighted by molar-refractivity contribution is 6.31. The molecule has 156 valence electrons. The summed E-state index contributed by atoms with van der Waals surface area (Å²) in [5, 5.41) is 0.775. The monoisotopic (exact) mass is 420 g/mol. The first kappa shape index (κ1) is 20.7. The highest BCUT2D eigenvalue weighted by Crippen LogP contribution is 2.27. The average molecular weight is 421 g/mol. The van der Waals surface area contributed by atoms with Crippen LogP contribution in [0.25, 0.3) is 0 Å². The number of halogens is 1. The topological polar surface area (TPSA) is 25.2 Å². The van der Waals surface area contributed by atoms with Crippen LogP contribution in [0.2, 0.25) is 5.02 Å². The van der Waals surface area contributed by atoms with E-state index < -0.39 is 0 Å². The molecule has 1 aromatic heterocycles. The Bertz CT molecular complexity index is 1000. The molecule has 0 aliphatic heterocycles. The Labute approximate surface area is 184 Å². The van der Waals surface area contributed by atoms with E-state index in [-0.39, 0.29) is 5.91 Å². The van der Waals surface area contributed by atoms with E-state index in [2.05, 4.69) is 33.9 Å². The van der Waals surface area contributed by atoms with Crippen LogP contribution in [0.1, 0.15) is 59.3 Å². The molecule has 4 rings (SSSR count). The van der Waals surface area contributed by atoms with Gasteiger partial charge in [0.1, 0.15) is 0 Å². The fourth-order valence-electron chi connectivity index (χ4n) is 4.46. The first-order chi connectivity index (χ1) is 14.6. The molecule has 0 bridgehead atoms. The van der Waals surface area contributed by atoms with Crippen molar-refractivity contribution < 1.29 is 4.79 Å². The van der Waals surface area contributed by atoms with Gasteiger partial charge in [0.15, 0.2) is 0 Å². The fourth-order valence-corrected chi connectivity index (χ4v) is 4.65. The Morgan fingerprint density at radius 3 is 2.50 bits per heavy atom. The molecule has 0 spiro atoms. The van der Waals surface area contributed by atoms with Crippen LogP contribution in [0.4, 0.5) is 0 Å². The van der Waals surface area contributed by atoms with E-state index in [0.717, 1.165) is 40.2 Å². The van der Waals surface area contributed by atoms with Crippen LogP contribution >= 0.6 is 11.6 Å². The third kappa shape index (κ3) is 4.62. The van der Waals surface area contributed by atoms with Crippen molar-refractivity contribution in [3.8, 4) is 0 Å². The number of carbonyl (C=O) groups excluding carboxylic acids is 1. The number of benzene rings is 2. The van der Waals surface area contributed by atoms with Crippen molar-refractivity contribution in [3.05, 3.63) is 94.3 Å². The van der Waals surface area contributed by atoms with E-state index in [1.54, 1.807) is 0 Å². The van der Waals surface area contributed by atoms with Crippen molar-refractivity contribution in [2.24, 2.45) is 0 Å². The van der Waals surface area contributed by atoms with Crippen LogP contribution in [-0.4, -0.2) is 21.4 Å². The molecule has 0 unspecified atom stereocenters. The Morgan fingerprint density at radius 2 is 1.73 bits per heavy atom. The summed E-state index contributed by atoms with van der Waals surface area (Å²) in [4.78, 5) is 15.7. The Morgan fingerprint density at radius 1 is 1.00 bits per heavy atom. The van der Waals surface area contributed by atoms with Crippen LogP contribution in [0.15, 0.2) is 66.9 Å². The Balaban J connectivity index is 1.61. The van der Waals surface area contributed by atoms with Gasteiger partial charge in [-0.1, -0.05) is 67.3 Å². The first-order valence-corrected chi connectivity index (χ1v) is 11.3. The molecule has 0 saturated heterocycles. The molecule has 1 fully saturated rings. The third-order valence-corrected chi connectivity index (χ3v) is 6.57. The molecule has 3 aromatic rings. The van der Waals surface area contributed by atoms with E-state index in [9.17, 15) is 4.79 Å². The lowest BCUT2D eigenvalue weighted by Gasteiger charge is -2.35. The highest BCUT2D eigenvalue weighted by atomic mass is 35.5. The number of aryl methyl sites for hydroxylation is 1. The lowest BCUT2D eigenvalue weighted by Crippen LogP contribution is -2.41. The van der Waals surface area contributed by atoms with Crippen LogP contribution in [0.3, 0.4) is 0 Å². The number of rotatable bonds is 6. The van der Waals surface area contributed by atoms with Crippen LogP contribution in [0, 0.1) is 6.92 Å². The van der Waals surface area contributed by atoms with Gasteiger partial charge in [0.2, 0.25) is 0 Å². The summed E-state index contributed by atoms with van der Waals surface area (Å²) in [5.74, 6) is 0.144. The third-order valence-electron chi connectivity index (χ3n) is 6.21. The maximum Gasteiger partial charge on any atom is 0.254 e. The van der Waals surface area contributed by atoms with Crippen LogP contribution in [-0.2, 0) is 13.1 Å². The highest BCUT2D eigenvalue weighted by Gasteiger charge is 2.28. The van der Waals surface area contributed by atoms with Gasteiger partial charge in [0.25, 0.3) is 5.91 Å². The van der Waals surface area contributed by atoms with Gasteiger partial charge in [0.05, 0.1) is 6.54 Å². The minimum atomic E-state index is 0.144. The van der Waals surface area contributed by atoms with Crippen LogP contribution < -0.4 is 0 Å². The lowest BCUT2D eigenvalue weighted by molar-refractivity contribution is 0.0608. The molecule has 3 nitrogen and oxygen atoms in total. The second-order valence-electron chi connectivity index (χ2n) is 8.26. The second kappa shape index (κ2) is 9.53. The molecule has 1 amide bonds. The predicted molar refractivity (Wildman–Crippen MR) is 123 cm³/mol. The summed E-state index contributed by atoms with van der Waals surface area (Å²) >= 11 is 6.39. The summed E-state index contributed by atoms with van der Waals surface area (Å²) < 4.78 is 2.21. The number of aromatic nitrogens is 1. The fraction of sp³-hybridized carbons (Fsp3) is 0.346. The summed E-state index contributed by atoms with van der Waals surface area (Å²) in [6.07, 6.45) is 7.92. The number of hydrogen-bond donors (Lipinski definition) is 0. The SMILES string of the molecule is Cc1ccccc1C(=O)N(Cc1cccn1Cc1ccccc1Cl)C1CCCCC1. The average Bonchev–Trinajstić information content (AvgIpc) is 3.21. The number of amides is 1. The number of hydrogen-bond acceptors (Lipinski definition) is 1. The molecule has 4 heteroatoms. The van der Waals surface area contributed by atoms with Crippen molar-refractivity contribution >= 4 is 17.5 Å². The summed E-state index contributed by atoms with van der Waals surface area (Å²) in [6, 6.07) is 20.4. The van der Waals surface area contributed by atoms with Crippen molar-refractivity contribution in [2.45, 2.75) is 58.2 Å². The standard InChI is InChI=1S/C26H29ClN2O/c1-20-10-5-7-15-24(20)26(30)29(22-12-3-2-4-13-22)19-23-14-9-17-28(23)18-21-11-6-8-16-25(21)27/h5-11,14-17,22H,2-4,12-13,18-19H2,1H3. The van der Waals surface area contributed by atoms with E-state index in [1.807, 2.05) is 49.4 Å². The molecule has 0 radical (unpaired) electrons. The molecule has 1 heterocycles. The van der Waals surface area contributed by atoms with Gasteiger partial charge in [-0.2, -0.15) is 0 Å². The van der Waals surface area contributed by atoms with Crippen LogP contribution in [0.5, 0.6) is 0 Å². The first-order valence-electron chi connectivity index (χ1n) is 10.9. The van der Waals surface area contributed by atoms with Gasteiger partial charge in [-0.15, -0.1) is 0 Å². The van der Waals surface area contributed by atoms with E-state index in [1.165, 1.54) is 19.3 Å². The normalized spacial score (nSPS) is 14.6. The van der Waals surface area contributed by atoms with E-state index in [0.29, 0.717) is 19.1 Å². The Hall–Kier alpha value is -2.52. The molecular weight excluding hydrogens is 392 g/mol. The zero-order chi connectivity index (χ0) is 20.9. The summed E-state index contributed by atoms with van der Waals surface area (Å²) in [5.41, 5.74) is 4.08. The largest absolute Gasteiger partial charge is 0.345 e. The van der Waals surface area contributed by atoms with E-state index >= 15 is 0 Å². The molecule has 1 aliphatic rings. The van der Waals surface area contributed by atoms with Crippen molar-refractivity contribution in [3.63, 3.8) is 0 Å². The van der Waals surface area contributed by atoms with Crippen molar-refractivity contribution in [2.75, 3.05) is 0 Å². The van der Waals surface area contributed by atoms with Gasteiger partial charge in [-0.3, -0.25) is 4.79 Å². The minimum absolute atomic E-state index is 0.144. The van der Waals surface area contributed by atoms with Crippen molar-refractivity contribution in [1.82, 2.24) is 9.47 Å². The maximum absolute atomic E-state index is 13.6. The van der Waals surface area contributed by atoms with E-state index in [4.69, 9.17) is 11.6 Å². The number of nitrogens with zero attached hydrogens (tertiary/aromatic N) is 2. The predicted octanol–water partition coefficient (Wildman–Crippen LogP) is 6.47. The molecule has 30 heavy (non-hydrogen) atoms. The smallest absolute Gasteiger partial charge is 0.254 e. The zero-order valence-corrected chi connectivity index (χ0v) is 18.3.